The van der Waals surface area contributed by atoms with Gasteiger partial charge in [-0.2, -0.15) is 0 Å². The van der Waals surface area contributed by atoms with E-state index < -0.39 is 5.66 Å². The van der Waals surface area contributed by atoms with E-state index in [2.05, 4.69) is 6.92 Å². The number of rotatable bonds is 3. The lowest BCUT2D eigenvalue weighted by Crippen LogP contribution is -2.46. The van der Waals surface area contributed by atoms with Gasteiger partial charge in [-0.15, -0.1) is 0 Å². The van der Waals surface area contributed by atoms with Crippen molar-refractivity contribution in [2.24, 2.45) is 11.5 Å². The Balaban J connectivity index is 3.12. The molecule has 0 unspecified atom stereocenters. The van der Waals surface area contributed by atoms with Crippen LogP contribution in [-0.2, 0) is 12.1 Å². The van der Waals surface area contributed by atoms with Crippen molar-refractivity contribution in [3.05, 3.63) is 42.3 Å². The Morgan fingerprint density at radius 1 is 1.31 bits per heavy atom. The molecule has 1 aromatic rings. The van der Waals surface area contributed by atoms with Crippen LogP contribution in [0.5, 0.6) is 0 Å². The van der Waals surface area contributed by atoms with Crippen LogP contribution in [0.15, 0.2) is 24.3 Å². The van der Waals surface area contributed by atoms with E-state index in [1.807, 2.05) is 31.2 Å². The third-order valence-corrected chi connectivity index (χ3v) is 2.37. The Kier molecular flexibility index (Phi) is 3.07. The lowest BCUT2D eigenvalue weighted by atomic mass is 9.92. The lowest BCUT2D eigenvalue weighted by molar-refractivity contribution is 0.444. The minimum Gasteiger partial charge on any atom is -0.310 e. The summed E-state index contributed by atoms with van der Waals surface area (Å²) in [6, 6.07) is 7.94. The van der Waals surface area contributed by atoms with Gasteiger partial charge in [0.15, 0.2) is 0 Å². The van der Waals surface area contributed by atoms with Crippen molar-refractivity contribution in [1.82, 2.24) is 0 Å². The highest BCUT2D eigenvalue weighted by Gasteiger charge is 2.21. The third kappa shape index (κ3) is 2.08. The molecule has 0 aliphatic heterocycles. The fourth-order valence-electron chi connectivity index (χ4n) is 1.38. The smallest absolute Gasteiger partial charge is 0.0899 e. The maximum atomic E-state index is 5.96. The van der Waals surface area contributed by atoms with Crippen LogP contribution in [0.1, 0.15) is 24.5 Å². The molecule has 0 fully saturated rings. The molecule has 0 spiro atoms. The van der Waals surface area contributed by atoms with Crippen LogP contribution in [0, 0.1) is 6.92 Å². The number of hydrogen-bond acceptors (Lipinski definition) is 2. The first kappa shape index (κ1) is 10.2. The molecule has 0 aliphatic rings. The molecular weight excluding hydrogens is 160 g/mol. The molecular formula is C11H17N2. The average Bonchev–Trinajstić information content (AvgIpc) is 2.18. The zero-order valence-corrected chi connectivity index (χ0v) is 8.09. The molecule has 0 saturated carbocycles. The third-order valence-electron chi connectivity index (χ3n) is 2.37. The van der Waals surface area contributed by atoms with Crippen LogP contribution >= 0.6 is 0 Å². The van der Waals surface area contributed by atoms with E-state index in [0.29, 0.717) is 0 Å². The summed E-state index contributed by atoms with van der Waals surface area (Å²) in [4.78, 5) is 0. The monoisotopic (exact) mass is 177 g/mol. The highest BCUT2D eigenvalue weighted by Crippen LogP contribution is 2.20. The summed E-state index contributed by atoms with van der Waals surface area (Å²) in [7, 11) is 0. The summed E-state index contributed by atoms with van der Waals surface area (Å²) in [5.74, 6) is 0. The predicted octanol–water partition coefficient (Wildman–Crippen LogP) is 1.54. The second kappa shape index (κ2) is 3.90. The van der Waals surface area contributed by atoms with E-state index in [0.717, 1.165) is 24.0 Å². The van der Waals surface area contributed by atoms with Crippen molar-refractivity contribution in [1.29, 1.82) is 0 Å². The molecule has 0 atom stereocenters. The van der Waals surface area contributed by atoms with Gasteiger partial charge in [-0.25, -0.2) is 0 Å². The van der Waals surface area contributed by atoms with Crippen LogP contribution in [0.25, 0.3) is 0 Å². The minimum absolute atomic E-state index is 0.714. The molecule has 71 valence electrons. The Bertz CT molecular complexity index is 279. The van der Waals surface area contributed by atoms with Gasteiger partial charge < -0.3 is 11.5 Å². The van der Waals surface area contributed by atoms with Gasteiger partial charge in [0.05, 0.1) is 5.66 Å². The van der Waals surface area contributed by atoms with E-state index in [9.17, 15) is 0 Å². The van der Waals surface area contributed by atoms with E-state index >= 15 is 0 Å². The van der Waals surface area contributed by atoms with Crippen LogP contribution in [0.3, 0.4) is 0 Å². The summed E-state index contributed by atoms with van der Waals surface area (Å²) in [6.45, 7) is 5.84. The summed E-state index contributed by atoms with van der Waals surface area (Å²) >= 11 is 0. The molecule has 0 saturated heterocycles. The molecule has 0 aliphatic carbocycles. The summed E-state index contributed by atoms with van der Waals surface area (Å²) < 4.78 is 0. The summed E-state index contributed by atoms with van der Waals surface area (Å²) in [5.41, 5.74) is 13.4. The van der Waals surface area contributed by atoms with Gasteiger partial charge in [-0.05, 0) is 30.9 Å². The predicted molar refractivity (Wildman–Crippen MR) is 55.8 cm³/mol. The van der Waals surface area contributed by atoms with Gasteiger partial charge in [0.2, 0.25) is 0 Å². The topological polar surface area (TPSA) is 52.0 Å². The van der Waals surface area contributed by atoms with Gasteiger partial charge in [0, 0.05) is 0 Å². The molecule has 2 heteroatoms. The SMILES string of the molecule is [CH2]Cc1ccccc1C(N)(N)CC. The second-order valence-corrected chi connectivity index (χ2v) is 3.30. The molecule has 0 aromatic heterocycles. The molecule has 0 heterocycles. The second-order valence-electron chi connectivity index (χ2n) is 3.30. The minimum atomic E-state index is -0.714. The zero-order chi connectivity index (χ0) is 9.90. The van der Waals surface area contributed by atoms with Crippen molar-refractivity contribution >= 4 is 0 Å². The van der Waals surface area contributed by atoms with Gasteiger partial charge in [0.25, 0.3) is 0 Å². The van der Waals surface area contributed by atoms with Crippen molar-refractivity contribution < 1.29 is 0 Å². The fraction of sp³-hybridized carbons (Fsp3) is 0.364. The lowest BCUT2D eigenvalue weighted by Gasteiger charge is -2.25. The van der Waals surface area contributed by atoms with Gasteiger partial charge >= 0.3 is 0 Å². The van der Waals surface area contributed by atoms with Crippen molar-refractivity contribution in [3.8, 4) is 0 Å². The van der Waals surface area contributed by atoms with Crippen LogP contribution in [-0.4, -0.2) is 0 Å². The molecule has 0 bridgehead atoms. The Morgan fingerprint density at radius 2 is 1.92 bits per heavy atom. The largest absolute Gasteiger partial charge is 0.310 e. The van der Waals surface area contributed by atoms with Crippen LogP contribution in [0.4, 0.5) is 0 Å². The number of hydrogen-bond donors (Lipinski definition) is 2. The fourth-order valence-corrected chi connectivity index (χ4v) is 1.38. The first-order valence-corrected chi connectivity index (χ1v) is 4.57. The molecule has 13 heavy (non-hydrogen) atoms. The quantitative estimate of drug-likeness (QED) is 0.688. The molecule has 1 radical (unpaired) electrons. The molecule has 0 amide bonds. The molecule has 1 aromatic carbocycles. The maximum absolute atomic E-state index is 5.96. The Morgan fingerprint density at radius 3 is 2.46 bits per heavy atom. The molecule has 2 nitrogen and oxygen atoms in total. The van der Waals surface area contributed by atoms with Crippen molar-refractivity contribution in [2.45, 2.75) is 25.4 Å². The van der Waals surface area contributed by atoms with E-state index in [4.69, 9.17) is 11.5 Å². The summed E-state index contributed by atoms with van der Waals surface area (Å²) in [6.07, 6.45) is 1.45. The van der Waals surface area contributed by atoms with E-state index in [1.54, 1.807) is 0 Å². The highest BCUT2D eigenvalue weighted by atomic mass is 14.9. The van der Waals surface area contributed by atoms with Crippen LogP contribution < -0.4 is 11.5 Å². The number of nitrogens with two attached hydrogens (primary N) is 2. The Hall–Kier alpha value is -0.860. The highest BCUT2D eigenvalue weighted by molar-refractivity contribution is 5.33. The average molecular weight is 177 g/mol. The van der Waals surface area contributed by atoms with Crippen LogP contribution in [0.2, 0.25) is 0 Å². The normalized spacial score (nSPS) is 11.7. The standard InChI is InChI=1S/C11H17N2/c1-3-9-7-5-6-8-10(9)11(12,13)4-2/h5-8H,1,3-4,12-13H2,2H3. The number of benzene rings is 1. The van der Waals surface area contributed by atoms with Gasteiger partial charge in [-0.3, -0.25) is 0 Å². The maximum Gasteiger partial charge on any atom is 0.0899 e. The molecule has 4 N–H and O–H groups in total. The van der Waals surface area contributed by atoms with Crippen molar-refractivity contribution in [3.63, 3.8) is 0 Å². The zero-order valence-electron chi connectivity index (χ0n) is 8.09. The first-order chi connectivity index (χ1) is 6.11. The summed E-state index contributed by atoms with van der Waals surface area (Å²) in [5, 5.41) is 0. The van der Waals surface area contributed by atoms with Gasteiger partial charge in [0.1, 0.15) is 0 Å². The Labute approximate surface area is 79.9 Å². The van der Waals surface area contributed by atoms with E-state index in [1.165, 1.54) is 0 Å². The van der Waals surface area contributed by atoms with Crippen molar-refractivity contribution in [2.75, 3.05) is 0 Å². The van der Waals surface area contributed by atoms with E-state index in [-0.39, 0.29) is 0 Å². The first-order valence-electron chi connectivity index (χ1n) is 4.57. The van der Waals surface area contributed by atoms with Gasteiger partial charge in [-0.1, -0.05) is 31.2 Å². The molecule has 1 rings (SSSR count).